The number of amides is 4. The third-order valence-electron chi connectivity index (χ3n) is 6.76. The van der Waals surface area contributed by atoms with E-state index in [4.69, 9.17) is 0 Å². The Kier molecular flexibility index (Phi) is 8.05. The summed E-state index contributed by atoms with van der Waals surface area (Å²) in [5.74, 6) is 0.162. The zero-order valence-corrected chi connectivity index (χ0v) is 20.6. The Labute approximate surface area is 206 Å². The van der Waals surface area contributed by atoms with Gasteiger partial charge in [0.25, 0.3) is 0 Å². The van der Waals surface area contributed by atoms with Gasteiger partial charge < -0.3 is 16.0 Å². The monoisotopic (exact) mass is 482 g/mol. The molecule has 4 rings (SSSR count). The maximum atomic E-state index is 14.6. The van der Waals surface area contributed by atoms with Gasteiger partial charge in [-0.2, -0.15) is 0 Å². The standard InChI is InChI=1S/C26H35FN6O2/c1-3-4-5-8-13-29-25(34)31-22-14-20(11-12-21(22)27)32-17-18-16-30-24(28-2)15-23(18)33(26(32)35)19-9-6-7-10-19/h11-12,14-16,19H,3-10,13,17H2,1-2H3,(H,28,30)(H2,29,31,34). The number of rotatable bonds is 9. The highest BCUT2D eigenvalue weighted by molar-refractivity contribution is 6.07. The number of benzene rings is 1. The molecular weight excluding hydrogens is 447 g/mol. The highest BCUT2D eigenvalue weighted by Crippen LogP contribution is 2.38. The number of nitrogens with zero attached hydrogens (tertiary/aromatic N) is 3. The number of fused-ring (bicyclic) bond motifs is 1. The topological polar surface area (TPSA) is 89.6 Å². The fraction of sp³-hybridized carbons (Fsp3) is 0.500. The second-order valence-corrected chi connectivity index (χ2v) is 9.23. The summed E-state index contributed by atoms with van der Waals surface area (Å²) in [5.41, 5.74) is 2.38. The van der Waals surface area contributed by atoms with Gasteiger partial charge in [0.15, 0.2) is 0 Å². The van der Waals surface area contributed by atoms with Crippen LogP contribution in [-0.4, -0.2) is 36.7 Å². The number of unbranched alkanes of at least 4 members (excludes halogenated alkanes) is 3. The van der Waals surface area contributed by atoms with Crippen LogP contribution in [0.1, 0.15) is 63.9 Å². The minimum absolute atomic E-state index is 0.0447. The largest absolute Gasteiger partial charge is 0.373 e. The highest BCUT2D eigenvalue weighted by atomic mass is 19.1. The molecular formula is C26H35FN6O2. The molecule has 0 radical (unpaired) electrons. The van der Waals surface area contributed by atoms with Crippen LogP contribution in [0.2, 0.25) is 0 Å². The first-order valence-electron chi connectivity index (χ1n) is 12.6. The van der Waals surface area contributed by atoms with Crippen molar-refractivity contribution in [1.82, 2.24) is 10.3 Å². The molecule has 1 aliphatic carbocycles. The first kappa shape index (κ1) is 24.8. The molecule has 1 aromatic carbocycles. The molecule has 0 saturated heterocycles. The van der Waals surface area contributed by atoms with Crippen LogP contribution in [0.3, 0.4) is 0 Å². The van der Waals surface area contributed by atoms with Crippen LogP contribution >= 0.6 is 0 Å². The molecule has 188 valence electrons. The number of aromatic nitrogens is 1. The van der Waals surface area contributed by atoms with Crippen molar-refractivity contribution in [3.63, 3.8) is 0 Å². The Hall–Kier alpha value is -3.36. The van der Waals surface area contributed by atoms with E-state index in [1.165, 1.54) is 12.1 Å². The normalized spacial score (nSPS) is 15.8. The summed E-state index contributed by atoms with van der Waals surface area (Å²) in [6, 6.07) is 5.83. The molecule has 3 N–H and O–H groups in total. The van der Waals surface area contributed by atoms with Crippen LogP contribution in [0.25, 0.3) is 0 Å². The van der Waals surface area contributed by atoms with Gasteiger partial charge in [-0.25, -0.2) is 19.0 Å². The minimum atomic E-state index is -0.548. The van der Waals surface area contributed by atoms with Gasteiger partial charge >= 0.3 is 12.1 Å². The fourth-order valence-corrected chi connectivity index (χ4v) is 4.84. The Balaban J connectivity index is 1.55. The van der Waals surface area contributed by atoms with Crippen molar-refractivity contribution in [3.05, 3.63) is 41.8 Å². The number of pyridine rings is 1. The van der Waals surface area contributed by atoms with Gasteiger partial charge in [0.1, 0.15) is 11.6 Å². The Morgan fingerprint density at radius 1 is 1.17 bits per heavy atom. The molecule has 1 saturated carbocycles. The van der Waals surface area contributed by atoms with Crippen molar-refractivity contribution >= 4 is 34.9 Å². The minimum Gasteiger partial charge on any atom is -0.373 e. The van der Waals surface area contributed by atoms with E-state index in [9.17, 15) is 14.0 Å². The molecule has 0 spiro atoms. The van der Waals surface area contributed by atoms with Crippen LogP contribution in [0, 0.1) is 5.82 Å². The van der Waals surface area contributed by atoms with Crippen LogP contribution in [0.4, 0.5) is 36.9 Å². The van der Waals surface area contributed by atoms with E-state index < -0.39 is 11.8 Å². The maximum absolute atomic E-state index is 14.6. The number of carbonyl (C=O) groups excluding carboxylic acids is 2. The molecule has 0 bridgehead atoms. The molecule has 0 unspecified atom stereocenters. The average molecular weight is 483 g/mol. The molecule has 1 fully saturated rings. The van der Waals surface area contributed by atoms with Crippen molar-refractivity contribution in [2.24, 2.45) is 0 Å². The van der Waals surface area contributed by atoms with Gasteiger partial charge in [-0.3, -0.25) is 9.80 Å². The molecule has 8 nitrogen and oxygen atoms in total. The summed E-state index contributed by atoms with van der Waals surface area (Å²) in [5, 5.41) is 8.42. The summed E-state index contributed by atoms with van der Waals surface area (Å²) < 4.78 is 14.6. The predicted octanol–water partition coefficient (Wildman–Crippen LogP) is 5.85. The van der Waals surface area contributed by atoms with E-state index in [0.29, 0.717) is 24.6 Å². The van der Waals surface area contributed by atoms with Crippen molar-refractivity contribution in [3.8, 4) is 0 Å². The Morgan fingerprint density at radius 3 is 2.71 bits per heavy atom. The van der Waals surface area contributed by atoms with Crippen molar-refractivity contribution in [2.45, 2.75) is 70.9 Å². The lowest BCUT2D eigenvalue weighted by Crippen LogP contribution is -2.51. The van der Waals surface area contributed by atoms with Gasteiger partial charge in [0.05, 0.1) is 17.9 Å². The van der Waals surface area contributed by atoms with E-state index in [2.05, 4.69) is 27.9 Å². The molecule has 4 amide bonds. The van der Waals surface area contributed by atoms with Gasteiger partial charge in [-0.15, -0.1) is 0 Å². The number of hydrogen-bond donors (Lipinski definition) is 3. The summed E-state index contributed by atoms with van der Waals surface area (Å²) in [4.78, 5) is 34.0. The van der Waals surface area contributed by atoms with Gasteiger partial charge in [-0.05, 0) is 37.5 Å². The van der Waals surface area contributed by atoms with E-state index in [1.807, 2.05) is 11.0 Å². The molecule has 2 aliphatic rings. The summed E-state index contributed by atoms with van der Waals surface area (Å²) >= 11 is 0. The summed E-state index contributed by atoms with van der Waals surface area (Å²) in [6.45, 7) is 2.99. The zero-order chi connectivity index (χ0) is 24.8. The number of hydrogen-bond acceptors (Lipinski definition) is 4. The van der Waals surface area contributed by atoms with Gasteiger partial charge in [0, 0.05) is 43.1 Å². The van der Waals surface area contributed by atoms with Gasteiger partial charge in [-0.1, -0.05) is 39.0 Å². The molecule has 35 heavy (non-hydrogen) atoms. The average Bonchev–Trinajstić information content (AvgIpc) is 3.39. The van der Waals surface area contributed by atoms with E-state index in [1.54, 1.807) is 24.2 Å². The van der Waals surface area contributed by atoms with Crippen molar-refractivity contribution < 1.29 is 14.0 Å². The van der Waals surface area contributed by atoms with E-state index >= 15 is 0 Å². The number of nitrogens with one attached hydrogen (secondary N) is 3. The number of urea groups is 2. The molecule has 2 heterocycles. The molecule has 9 heteroatoms. The smallest absolute Gasteiger partial charge is 0.329 e. The molecule has 2 aromatic rings. The maximum Gasteiger partial charge on any atom is 0.329 e. The third-order valence-corrected chi connectivity index (χ3v) is 6.76. The molecule has 0 atom stereocenters. The van der Waals surface area contributed by atoms with Gasteiger partial charge in [0.2, 0.25) is 0 Å². The van der Waals surface area contributed by atoms with Crippen LogP contribution in [0.5, 0.6) is 0 Å². The quantitative estimate of drug-likeness (QED) is 0.391. The van der Waals surface area contributed by atoms with Crippen LogP contribution < -0.4 is 25.8 Å². The Bertz CT molecular complexity index is 1060. The van der Waals surface area contributed by atoms with Crippen molar-refractivity contribution in [1.29, 1.82) is 0 Å². The lowest BCUT2D eigenvalue weighted by Gasteiger charge is -2.40. The van der Waals surface area contributed by atoms with Crippen molar-refractivity contribution in [2.75, 3.05) is 34.0 Å². The Morgan fingerprint density at radius 2 is 1.97 bits per heavy atom. The van der Waals surface area contributed by atoms with E-state index in [-0.39, 0.29) is 17.8 Å². The lowest BCUT2D eigenvalue weighted by atomic mass is 10.1. The highest BCUT2D eigenvalue weighted by Gasteiger charge is 2.37. The summed E-state index contributed by atoms with van der Waals surface area (Å²) in [7, 11) is 1.81. The van der Waals surface area contributed by atoms with Crippen LogP contribution in [0.15, 0.2) is 30.5 Å². The SMILES string of the molecule is CCCCCCNC(=O)Nc1cc(N2Cc3cnc(NC)cc3N(C3CCCC3)C2=O)ccc1F. The lowest BCUT2D eigenvalue weighted by molar-refractivity contribution is 0.247. The second-order valence-electron chi connectivity index (χ2n) is 9.23. The molecule has 1 aliphatic heterocycles. The molecule has 1 aromatic heterocycles. The fourth-order valence-electron chi connectivity index (χ4n) is 4.84. The first-order chi connectivity index (χ1) is 17.0. The summed E-state index contributed by atoms with van der Waals surface area (Å²) in [6.07, 6.45) is 10.0. The van der Waals surface area contributed by atoms with Crippen LogP contribution in [-0.2, 0) is 6.54 Å². The number of halogens is 1. The predicted molar refractivity (Wildman–Crippen MR) is 138 cm³/mol. The zero-order valence-electron chi connectivity index (χ0n) is 20.6. The second kappa shape index (κ2) is 11.4. The third kappa shape index (κ3) is 5.66. The number of carbonyl (C=O) groups is 2. The first-order valence-corrected chi connectivity index (χ1v) is 12.6. The van der Waals surface area contributed by atoms with E-state index in [0.717, 1.165) is 62.6 Å². The number of anilines is 4.